The van der Waals surface area contributed by atoms with Crippen molar-refractivity contribution in [2.45, 2.75) is 39.6 Å². The highest BCUT2D eigenvalue weighted by Gasteiger charge is 2.22. The number of fused-ring (bicyclic) bond motifs is 1. The van der Waals surface area contributed by atoms with Crippen LogP contribution < -0.4 is 4.74 Å². The third-order valence-corrected chi connectivity index (χ3v) is 3.67. The first-order valence-electron chi connectivity index (χ1n) is 6.32. The van der Waals surface area contributed by atoms with E-state index < -0.39 is 0 Å². The first-order chi connectivity index (χ1) is 9.02. The van der Waals surface area contributed by atoms with Gasteiger partial charge in [-0.25, -0.2) is 9.97 Å². The summed E-state index contributed by atoms with van der Waals surface area (Å²) in [6, 6.07) is 0. The third-order valence-electron chi connectivity index (χ3n) is 3.43. The average Bonchev–Trinajstić information content (AvgIpc) is 2.76. The number of imidazole rings is 1. The zero-order valence-corrected chi connectivity index (χ0v) is 12.5. The number of hydrogen-bond donors (Lipinski definition) is 0. The Morgan fingerprint density at radius 3 is 2.68 bits per heavy atom. The van der Waals surface area contributed by atoms with E-state index in [2.05, 4.69) is 40.3 Å². The van der Waals surface area contributed by atoms with E-state index in [9.17, 15) is 0 Å². The number of aromatic nitrogens is 4. The fourth-order valence-electron chi connectivity index (χ4n) is 1.92. The number of hydrogen-bond acceptors (Lipinski definition) is 4. The predicted molar refractivity (Wildman–Crippen MR) is 75.5 cm³/mol. The molecule has 0 atom stereocenters. The number of ether oxygens (including phenoxy) is 1. The van der Waals surface area contributed by atoms with Gasteiger partial charge in [0.2, 0.25) is 5.88 Å². The highest BCUT2D eigenvalue weighted by molar-refractivity contribution is 6.16. The summed E-state index contributed by atoms with van der Waals surface area (Å²) < 4.78 is 7.29. The molecule has 19 heavy (non-hydrogen) atoms. The molecular weight excluding hydrogens is 264 g/mol. The van der Waals surface area contributed by atoms with Gasteiger partial charge in [0.15, 0.2) is 11.2 Å². The van der Waals surface area contributed by atoms with Crippen LogP contribution in [-0.4, -0.2) is 26.6 Å². The third kappa shape index (κ3) is 2.66. The molecule has 104 valence electrons. The van der Waals surface area contributed by atoms with Crippen LogP contribution in [-0.2, 0) is 12.4 Å². The van der Waals surface area contributed by atoms with Crippen molar-refractivity contribution in [3.8, 4) is 5.88 Å². The SMILES string of the molecule is CCC(C)(C)Cn1c(CCl)nc2c(OC)ncnc21. The summed E-state index contributed by atoms with van der Waals surface area (Å²) in [5.74, 6) is 1.64. The van der Waals surface area contributed by atoms with Crippen molar-refractivity contribution in [2.75, 3.05) is 7.11 Å². The van der Waals surface area contributed by atoms with E-state index in [0.29, 0.717) is 17.3 Å². The summed E-state index contributed by atoms with van der Waals surface area (Å²) in [6.07, 6.45) is 2.56. The molecule has 2 heterocycles. The zero-order valence-electron chi connectivity index (χ0n) is 11.8. The molecule has 0 aliphatic carbocycles. The van der Waals surface area contributed by atoms with Gasteiger partial charge in [-0.05, 0) is 11.8 Å². The van der Waals surface area contributed by atoms with Crippen LogP contribution in [0.25, 0.3) is 11.2 Å². The van der Waals surface area contributed by atoms with E-state index in [-0.39, 0.29) is 5.41 Å². The monoisotopic (exact) mass is 282 g/mol. The van der Waals surface area contributed by atoms with E-state index in [4.69, 9.17) is 16.3 Å². The quantitative estimate of drug-likeness (QED) is 0.791. The molecule has 2 aromatic heterocycles. The van der Waals surface area contributed by atoms with Crippen molar-refractivity contribution < 1.29 is 4.74 Å². The molecule has 5 nitrogen and oxygen atoms in total. The molecule has 6 heteroatoms. The van der Waals surface area contributed by atoms with Gasteiger partial charge < -0.3 is 9.30 Å². The molecule has 0 saturated carbocycles. The Hall–Kier alpha value is -1.36. The van der Waals surface area contributed by atoms with Gasteiger partial charge >= 0.3 is 0 Å². The maximum atomic E-state index is 6.00. The van der Waals surface area contributed by atoms with Crippen molar-refractivity contribution in [1.82, 2.24) is 19.5 Å². The van der Waals surface area contributed by atoms with Crippen molar-refractivity contribution >= 4 is 22.8 Å². The minimum absolute atomic E-state index is 0.159. The molecule has 0 radical (unpaired) electrons. The highest BCUT2D eigenvalue weighted by Crippen LogP contribution is 2.28. The second kappa shape index (κ2) is 5.33. The maximum Gasteiger partial charge on any atom is 0.245 e. The summed E-state index contributed by atoms with van der Waals surface area (Å²) in [7, 11) is 1.58. The molecular formula is C13H19ClN4O. The van der Waals surface area contributed by atoms with Crippen molar-refractivity contribution in [3.05, 3.63) is 12.2 Å². The zero-order chi connectivity index (χ0) is 14.0. The van der Waals surface area contributed by atoms with E-state index in [0.717, 1.165) is 24.4 Å². The lowest BCUT2D eigenvalue weighted by atomic mass is 9.90. The molecule has 0 spiro atoms. The van der Waals surface area contributed by atoms with Crippen molar-refractivity contribution in [3.63, 3.8) is 0 Å². The normalized spacial score (nSPS) is 12.1. The Morgan fingerprint density at radius 2 is 2.11 bits per heavy atom. The second-order valence-corrected chi connectivity index (χ2v) is 5.59. The largest absolute Gasteiger partial charge is 0.479 e. The Balaban J connectivity index is 2.58. The summed E-state index contributed by atoms with van der Waals surface area (Å²) in [5.41, 5.74) is 1.61. The summed E-state index contributed by atoms with van der Waals surface area (Å²) in [6.45, 7) is 7.43. The van der Waals surface area contributed by atoms with Gasteiger partial charge in [0, 0.05) is 6.54 Å². The number of rotatable bonds is 5. The van der Waals surface area contributed by atoms with Gasteiger partial charge in [0.05, 0.1) is 13.0 Å². The minimum Gasteiger partial charge on any atom is -0.479 e. The van der Waals surface area contributed by atoms with Gasteiger partial charge in [0.25, 0.3) is 0 Å². The van der Waals surface area contributed by atoms with Crippen LogP contribution in [0, 0.1) is 5.41 Å². The Morgan fingerprint density at radius 1 is 1.37 bits per heavy atom. The minimum atomic E-state index is 0.159. The smallest absolute Gasteiger partial charge is 0.245 e. The van der Waals surface area contributed by atoms with Gasteiger partial charge in [-0.2, -0.15) is 4.98 Å². The Bertz CT molecular complexity index is 579. The molecule has 0 fully saturated rings. The van der Waals surface area contributed by atoms with Crippen LogP contribution >= 0.6 is 11.6 Å². The molecule has 0 amide bonds. The Labute approximate surface area is 118 Å². The molecule has 2 rings (SSSR count). The molecule has 0 aromatic carbocycles. The molecule has 0 unspecified atom stereocenters. The number of halogens is 1. The number of methoxy groups -OCH3 is 1. The lowest BCUT2D eigenvalue weighted by Crippen LogP contribution is -2.20. The molecule has 0 saturated heterocycles. The van der Waals surface area contributed by atoms with Crippen LogP contribution in [0.15, 0.2) is 6.33 Å². The first kappa shape index (κ1) is 14.1. The van der Waals surface area contributed by atoms with Gasteiger partial charge in [0.1, 0.15) is 12.2 Å². The number of alkyl halides is 1. The van der Waals surface area contributed by atoms with Crippen LogP contribution in [0.3, 0.4) is 0 Å². The van der Waals surface area contributed by atoms with E-state index in [1.165, 1.54) is 6.33 Å². The molecule has 2 aromatic rings. The highest BCUT2D eigenvalue weighted by atomic mass is 35.5. The van der Waals surface area contributed by atoms with Gasteiger partial charge in [-0.1, -0.05) is 20.8 Å². The van der Waals surface area contributed by atoms with Gasteiger partial charge in [-0.15, -0.1) is 11.6 Å². The fraction of sp³-hybridized carbons (Fsp3) is 0.615. The predicted octanol–water partition coefficient (Wildman–Crippen LogP) is 3.01. The summed E-state index contributed by atoms with van der Waals surface area (Å²) in [4.78, 5) is 12.9. The van der Waals surface area contributed by atoms with Crippen LogP contribution in [0.1, 0.15) is 33.0 Å². The van der Waals surface area contributed by atoms with E-state index in [1.54, 1.807) is 7.11 Å². The first-order valence-corrected chi connectivity index (χ1v) is 6.86. The van der Waals surface area contributed by atoms with Crippen molar-refractivity contribution in [1.29, 1.82) is 0 Å². The average molecular weight is 283 g/mol. The molecule has 0 N–H and O–H groups in total. The van der Waals surface area contributed by atoms with Crippen LogP contribution in [0.2, 0.25) is 0 Å². The van der Waals surface area contributed by atoms with Crippen LogP contribution in [0.4, 0.5) is 0 Å². The van der Waals surface area contributed by atoms with Gasteiger partial charge in [-0.3, -0.25) is 0 Å². The fourth-order valence-corrected chi connectivity index (χ4v) is 2.12. The second-order valence-electron chi connectivity index (χ2n) is 5.32. The molecule has 0 aliphatic rings. The maximum absolute atomic E-state index is 6.00. The van der Waals surface area contributed by atoms with E-state index in [1.807, 2.05) is 0 Å². The lowest BCUT2D eigenvalue weighted by Gasteiger charge is -2.24. The summed E-state index contributed by atoms with van der Waals surface area (Å²) >= 11 is 6.00. The van der Waals surface area contributed by atoms with Crippen molar-refractivity contribution in [2.24, 2.45) is 5.41 Å². The Kier molecular flexibility index (Phi) is 3.94. The molecule has 0 aliphatic heterocycles. The standard InChI is InChI=1S/C13H19ClN4O/c1-5-13(2,3)7-18-9(6-14)17-10-11(18)15-8-16-12(10)19-4/h8H,5-7H2,1-4H3. The van der Waals surface area contributed by atoms with E-state index >= 15 is 0 Å². The lowest BCUT2D eigenvalue weighted by molar-refractivity contribution is 0.294. The summed E-state index contributed by atoms with van der Waals surface area (Å²) in [5, 5.41) is 0. The molecule has 0 bridgehead atoms. The topological polar surface area (TPSA) is 52.8 Å². The van der Waals surface area contributed by atoms with Crippen LogP contribution in [0.5, 0.6) is 5.88 Å². The number of nitrogens with zero attached hydrogens (tertiary/aromatic N) is 4.